The molecule has 0 spiro atoms. The summed E-state index contributed by atoms with van der Waals surface area (Å²) in [5, 5.41) is 4.44. The van der Waals surface area contributed by atoms with Crippen LogP contribution in [0.25, 0.3) is 0 Å². The van der Waals surface area contributed by atoms with Gasteiger partial charge in [0, 0.05) is 31.4 Å². The van der Waals surface area contributed by atoms with Crippen molar-refractivity contribution in [3.8, 4) is 5.75 Å². The Hall–Kier alpha value is -1.07. The fourth-order valence-electron chi connectivity index (χ4n) is 2.32. The molecule has 2 aliphatic rings. The van der Waals surface area contributed by atoms with Gasteiger partial charge in [-0.15, -0.1) is 11.3 Å². The summed E-state index contributed by atoms with van der Waals surface area (Å²) < 4.78 is 5.64. The summed E-state index contributed by atoms with van der Waals surface area (Å²) in [6.45, 7) is 3.24. The molecule has 92 valence electrons. The highest BCUT2D eigenvalue weighted by atomic mass is 32.1. The molecule has 1 aromatic heterocycles. The summed E-state index contributed by atoms with van der Waals surface area (Å²) in [6, 6.07) is 2.05. The number of nitrogens with one attached hydrogen (secondary N) is 1. The van der Waals surface area contributed by atoms with Gasteiger partial charge in [0.2, 0.25) is 0 Å². The van der Waals surface area contributed by atoms with Crippen LogP contribution in [-0.2, 0) is 4.79 Å². The predicted molar refractivity (Wildman–Crippen MR) is 68.3 cm³/mol. The number of carbonyl (C=O) groups is 1. The highest BCUT2D eigenvalue weighted by Crippen LogP contribution is 2.42. The van der Waals surface area contributed by atoms with Gasteiger partial charge >= 0.3 is 0 Å². The van der Waals surface area contributed by atoms with E-state index < -0.39 is 0 Å². The zero-order chi connectivity index (χ0) is 11.8. The van der Waals surface area contributed by atoms with Crippen molar-refractivity contribution >= 4 is 22.1 Å². The first-order valence-corrected chi connectivity index (χ1v) is 6.78. The first kappa shape index (κ1) is 11.0. The number of Topliss-reactive ketones (excluding diaryl/α,β-unsaturated/α-hetero) is 1. The van der Waals surface area contributed by atoms with Crippen molar-refractivity contribution in [3.63, 3.8) is 0 Å². The summed E-state index contributed by atoms with van der Waals surface area (Å²) in [5.41, 5.74) is 0. The molecule has 3 heterocycles. The Balaban J connectivity index is 1.90. The average molecular weight is 252 g/mol. The lowest BCUT2D eigenvalue weighted by Gasteiger charge is -2.24. The van der Waals surface area contributed by atoms with Gasteiger partial charge in [0.05, 0.1) is 12.5 Å². The number of thiophene rings is 1. The molecule has 0 aliphatic carbocycles. The lowest BCUT2D eigenvalue weighted by atomic mass is 9.96. The smallest absolute Gasteiger partial charge is 0.154 e. The quantitative estimate of drug-likeness (QED) is 0.816. The normalized spacial score (nSPS) is 24.4. The van der Waals surface area contributed by atoms with Crippen molar-refractivity contribution in [2.45, 2.75) is 12.3 Å². The lowest BCUT2D eigenvalue weighted by molar-refractivity contribution is -0.121. The van der Waals surface area contributed by atoms with Gasteiger partial charge < -0.3 is 15.0 Å². The Morgan fingerprint density at radius 3 is 3.24 bits per heavy atom. The van der Waals surface area contributed by atoms with E-state index in [0.29, 0.717) is 12.2 Å². The molecule has 0 saturated carbocycles. The molecular weight excluding hydrogens is 236 g/mol. The van der Waals surface area contributed by atoms with Gasteiger partial charge in [0.15, 0.2) is 5.75 Å². The van der Waals surface area contributed by atoms with Gasteiger partial charge in [0.1, 0.15) is 17.4 Å². The Kier molecular flexibility index (Phi) is 2.80. The molecule has 1 atom stereocenters. The Morgan fingerprint density at radius 1 is 1.59 bits per heavy atom. The highest BCUT2D eigenvalue weighted by Gasteiger charge is 2.28. The number of hydrogen-bond donors (Lipinski definition) is 1. The van der Waals surface area contributed by atoms with E-state index in [1.54, 1.807) is 11.3 Å². The molecule has 0 amide bonds. The van der Waals surface area contributed by atoms with Crippen LogP contribution in [0.4, 0.5) is 5.00 Å². The third kappa shape index (κ3) is 1.93. The number of likely N-dealkylation sites (N-methyl/N-ethyl adjacent to an activating group) is 1. The van der Waals surface area contributed by atoms with Crippen molar-refractivity contribution < 1.29 is 9.53 Å². The van der Waals surface area contributed by atoms with Crippen LogP contribution in [0, 0.1) is 0 Å². The molecule has 1 aromatic rings. The number of nitrogens with zero attached hydrogens (tertiary/aromatic N) is 1. The molecule has 2 aliphatic heterocycles. The van der Waals surface area contributed by atoms with E-state index >= 15 is 0 Å². The fraction of sp³-hybridized carbons (Fsp3) is 0.583. The minimum Gasteiger partial charge on any atom is -0.489 e. The first-order valence-electron chi connectivity index (χ1n) is 5.97. The Bertz CT molecular complexity index is 444. The van der Waals surface area contributed by atoms with Crippen LogP contribution in [-0.4, -0.2) is 39.1 Å². The number of piperidine rings is 1. The second-order valence-corrected chi connectivity index (χ2v) is 5.62. The maximum atomic E-state index is 11.9. The van der Waals surface area contributed by atoms with Crippen LogP contribution in [0.2, 0.25) is 0 Å². The van der Waals surface area contributed by atoms with Crippen molar-refractivity contribution in [2.75, 3.05) is 38.2 Å². The summed E-state index contributed by atoms with van der Waals surface area (Å²) in [7, 11) is 2.07. The van der Waals surface area contributed by atoms with Crippen molar-refractivity contribution in [2.24, 2.45) is 0 Å². The molecule has 1 fully saturated rings. The average Bonchev–Trinajstić information content (AvgIpc) is 2.75. The van der Waals surface area contributed by atoms with Crippen molar-refractivity contribution in [3.05, 3.63) is 10.9 Å². The molecule has 0 radical (unpaired) electrons. The van der Waals surface area contributed by atoms with Gasteiger partial charge in [-0.3, -0.25) is 4.79 Å². The summed E-state index contributed by atoms with van der Waals surface area (Å²) in [4.78, 5) is 15.2. The van der Waals surface area contributed by atoms with Gasteiger partial charge in [-0.25, -0.2) is 0 Å². The summed E-state index contributed by atoms with van der Waals surface area (Å²) >= 11 is 1.69. The maximum Gasteiger partial charge on any atom is 0.154 e. The molecule has 3 rings (SSSR count). The predicted octanol–water partition coefficient (Wildman–Crippen LogP) is 1.22. The zero-order valence-corrected chi connectivity index (χ0v) is 10.7. The molecule has 5 heteroatoms. The van der Waals surface area contributed by atoms with E-state index in [-0.39, 0.29) is 5.92 Å². The van der Waals surface area contributed by atoms with Crippen LogP contribution >= 0.6 is 11.3 Å². The third-order valence-corrected chi connectivity index (χ3v) is 4.70. The zero-order valence-electron chi connectivity index (χ0n) is 9.86. The Labute approximate surface area is 105 Å². The highest BCUT2D eigenvalue weighted by molar-refractivity contribution is 7.16. The van der Waals surface area contributed by atoms with E-state index in [2.05, 4.69) is 17.3 Å². The minimum absolute atomic E-state index is 0.0244. The fourth-order valence-corrected chi connectivity index (χ4v) is 3.53. The number of hydrogen-bond acceptors (Lipinski definition) is 5. The van der Waals surface area contributed by atoms with Gasteiger partial charge in [-0.1, -0.05) is 0 Å². The monoisotopic (exact) mass is 252 g/mol. The van der Waals surface area contributed by atoms with E-state index in [1.807, 2.05) is 6.07 Å². The van der Waals surface area contributed by atoms with Gasteiger partial charge in [0.25, 0.3) is 0 Å². The van der Waals surface area contributed by atoms with Crippen LogP contribution < -0.4 is 15.0 Å². The van der Waals surface area contributed by atoms with Crippen LogP contribution in [0.1, 0.15) is 17.2 Å². The number of rotatable bonds is 1. The number of fused-ring (bicyclic) bond motifs is 1. The van der Waals surface area contributed by atoms with E-state index in [1.165, 1.54) is 0 Å². The van der Waals surface area contributed by atoms with Crippen molar-refractivity contribution in [1.29, 1.82) is 0 Å². The molecule has 1 saturated heterocycles. The SMILES string of the molecule is CN1CCOc2cc(C3CNCCC3=O)sc21. The molecule has 1 unspecified atom stereocenters. The molecule has 0 bridgehead atoms. The van der Waals surface area contributed by atoms with E-state index in [0.717, 1.165) is 41.9 Å². The first-order chi connectivity index (χ1) is 8.25. The van der Waals surface area contributed by atoms with E-state index in [9.17, 15) is 4.79 Å². The summed E-state index contributed by atoms with van der Waals surface area (Å²) in [6.07, 6.45) is 0.643. The minimum atomic E-state index is 0.0244. The maximum absolute atomic E-state index is 11.9. The van der Waals surface area contributed by atoms with Crippen LogP contribution in [0.3, 0.4) is 0 Å². The lowest BCUT2D eigenvalue weighted by Crippen LogP contribution is -2.34. The molecule has 1 N–H and O–H groups in total. The number of ether oxygens (including phenoxy) is 1. The number of anilines is 1. The summed E-state index contributed by atoms with van der Waals surface area (Å²) in [5.74, 6) is 1.32. The Morgan fingerprint density at radius 2 is 2.47 bits per heavy atom. The van der Waals surface area contributed by atoms with Gasteiger partial charge in [-0.05, 0) is 6.07 Å². The molecule has 17 heavy (non-hydrogen) atoms. The largest absolute Gasteiger partial charge is 0.489 e. The topological polar surface area (TPSA) is 41.6 Å². The molecule has 0 aromatic carbocycles. The van der Waals surface area contributed by atoms with E-state index in [4.69, 9.17) is 4.74 Å². The number of ketones is 1. The second-order valence-electron chi connectivity index (χ2n) is 4.56. The number of carbonyl (C=O) groups excluding carboxylic acids is 1. The third-order valence-electron chi connectivity index (χ3n) is 3.36. The standard InChI is InChI=1S/C12H16N2O2S/c1-14-4-5-16-10-6-11(17-12(10)14)8-7-13-3-2-9(8)15/h6,8,13H,2-5,7H2,1H3. The van der Waals surface area contributed by atoms with Crippen LogP contribution in [0.15, 0.2) is 6.07 Å². The molecular formula is C12H16N2O2S. The molecule has 4 nitrogen and oxygen atoms in total. The second kappa shape index (κ2) is 4.31. The van der Waals surface area contributed by atoms with Crippen molar-refractivity contribution in [1.82, 2.24) is 5.32 Å². The van der Waals surface area contributed by atoms with Crippen LogP contribution in [0.5, 0.6) is 5.75 Å². The van der Waals surface area contributed by atoms with Gasteiger partial charge in [-0.2, -0.15) is 0 Å².